The van der Waals surface area contributed by atoms with E-state index < -0.39 is 0 Å². The summed E-state index contributed by atoms with van der Waals surface area (Å²) in [4.78, 5) is 16.5. The van der Waals surface area contributed by atoms with Crippen LogP contribution in [0.25, 0.3) is 22.3 Å². The summed E-state index contributed by atoms with van der Waals surface area (Å²) >= 11 is 0. The van der Waals surface area contributed by atoms with Gasteiger partial charge in [0.15, 0.2) is 0 Å². The van der Waals surface area contributed by atoms with Crippen LogP contribution in [0.2, 0.25) is 0 Å². The van der Waals surface area contributed by atoms with E-state index in [0.717, 1.165) is 54.0 Å². The Balaban J connectivity index is 1.73. The minimum Gasteiger partial charge on any atom is -0.367 e. The van der Waals surface area contributed by atoms with Crippen LogP contribution in [-0.2, 0) is 0 Å². The van der Waals surface area contributed by atoms with Gasteiger partial charge >= 0.3 is 0 Å². The molecule has 0 saturated carbocycles. The fourth-order valence-electron chi connectivity index (χ4n) is 2.94. The number of aromatic nitrogens is 4. The number of rotatable bonds is 3. The van der Waals surface area contributed by atoms with E-state index in [4.69, 9.17) is 0 Å². The van der Waals surface area contributed by atoms with Crippen LogP contribution < -0.4 is 10.6 Å². The van der Waals surface area contributed by atoms with Gasteiger partial charge in [-0.3, -0.25) is 9.97 Å². The summed E-state index contributed by atoms with van der Waals surface area (Å²) in [6.45, 7) is 2.11. The van der Waals surface area contributed by atoms with Gasteiger partial charge in [-0.05, 0) is 38.1 Å². The highest BCUT2D eigenvalue weighted by Crippen LogP contribution is 2.28. The normalized spacial score (nSPS) is 16.0. The van der Waals surface area contributed by atoms with E-state index in [9.17, 15) is 0 Å². The molecule has 0 bridgehead atoms. The summed E-state index contributed by atoms with van der Waals surface area (Å²) < 4.78 is 0. The monoisotopic (exact) mass is 294 g/mol. The minimum absolute atomic E-state index is 0.468. The first-order chi connectivity index (χ1) is 10.9. The van der Waals surface area contributed by atoms with Crippen LogP contribution in [0.4, 0.5) is 5.82 Å². The molecule has 0 spiro atoms. The molecule has 1 aliphatic heterocycles. The first-order valence-electron chi connectivity index (χ1n) is 7.62. The summed E-state index contributed by atoms with van der Waals surface area (Å²) in [6.07, 6.45) is 9.33. The lowest BCUT2D eigenvalue weighted by molar-refractivity contribution is 0.478. The Labute approximate surface area is 128 Å². The summed E-state index contributed by atoms with van der Waals surface area (Å²) in [6, 6.07) is 4.57. The Morgan fingerprint density at radius 2 is 2.09 bits per heavy atom. The van der Waals surface area contributed by atoms with Crippen molar-refractivity contribution in [3.8, 4) is 11.3 Å². The van der Waals surface area contributed by atoms with Gasteiger partial charge in [-0.1, -0.05) is 0 Å². The average molecular weight is 294 g/mol. The third-order valence-corrected chi connectivity index (χ3v) is 4.06. The third kappa shape index (κ3) is 2.53. The van der Waals surface area contributed by atoms with Crippen LogP contribution in [0.15, 0.2) is 36.9 Å². The first-order valence-corrected chi connectivity index (χ1v) is 7.62. The molecule has 1 saturated heterocycles. The number of aromatic amines is 1. The lowest BCUT2D eigenvalue weighted by Gasteiger charge is -2.24. The van der Waals surface area contributed by atoms with Gasteiger partial charge in [0.1, 0.15) is 11.5 Å². The van der Waals surface area contributed by atoms with Crippen LogP contribution in [0, 0.1) is 0 Å². The van der Waals surface area contributed by atoms with E-state index in [2.05, 4.69) is 36.6 Å². The number of nitrogens with zero attached hydrogens (tertiary/aromatic N) is 3. The molecule has 1 aliphatic rings. The molecule has 1 fully saturated rings. The standard InChI is InChI=1S/C16H18N6/c1-4-17-5-2-11(1)21-15-9-13(14-10-18-7-8-19-14)12-3-6-20-16(12)22-15/h3,6-11,17H,1-2,4-5H2,(H2,20,21,22). The molecule has 6 nitrogen and oxygen atoms in total. The van der Waals surface area contributed by atoms with Crippen molar-refractivity contribution in [2.45, 2.75) is 18.9 Å². The smallest absolute Gasteiger partial charge is 0.140 e. The molecular weight excluding hydrogens is 276 g/mol. The van der Waals surface area contributed by atoms with E-state index in [1.54, 1.807) is 18.6 Å². The Kier molecular flexibility index (Phi) is 3.44. The van der Waals surface area contributed by atoms with Gasteiger partial charge in [-0.25, -0.2) is 4.98 Å². The van der Waals surface area contributed by atoms with Crippen molar-refractivity contribution in [3.05, 3.63) is 36.9 Å². The fraction of sp³-hybridized carbons (Fsp3) is 0.312. The number of pyridine rings is 1. The zero-order valence-electron chi connectivity index (χ0n) is 12.2. The molecule has 6 heteroatoms. The zero-order chi connectivity index (χ0) is 14.8. The highest BCUT2D eigenvalue weighted by molar-refractivity contribution is 5.93. The number of hydrogen-bond acceptors (Lipinski definition) is 5. The van der Waals surface area contributed by atoms with Gasteiger partial charge in [-0.2, -0.15) is 0 Å². The fourth-order valence-corrected chi connectivity index (χ4v) is 2.94. The van der Waals surface area contributed by atoms with Crippen LogP contribution in [0.5, 0.6) is 0 Å². The quantitative estimate of drug-likeness (QED) is 0.690. The molecule has 0 atom stereocenters. The van der Waals surface area contributed by atoms with Gasteiger partial charge in [0.2, 0.25) is 0 Å². The van der Waals surface area contributed by atoms with Crippen molar-refractivity contribution >= 4 is 16.9 Å². The summed E-state index contributed by atoms with van der Waals surface area (Å²) in [5.41, 5.74) is 2.79. The number of hydrogen-bond donors (Lipinski definition) is 3. The first kappa shape index (κ1) is 13.2. The Bertz CT molecular complexity index is 761. The van der Waals surface area contributed by atoms with Gasteiger partial charge < -0.3 is 15.6 Å². The van der Waals surface area contributed by atoms with Crippen molar-refractivity contribution in [1.82, 2.24) is 25.3 Å². The third-order valence-electron chi connectivity index (χ3n) is 4.06. The van der Waals surface area contributed by atoms with Gasteiger partial charge in [-0.15, -0.1) is 0 Å². The largest absolute Gasteiger partial charge is 0.367 e. The summed E-state index contributed by atoms with van der Waals surface area (Å²) in [5.74, 6) is 0.891. The van der Waals surface area contributed by atoms with Crippen molar-refractivity contribution in [2.75, 3.05) is 18.4 Å². The summed E-state index contributed by atoms with van der Waals surface area (Å²) in [7, 11) is 0. The van der Waals surface area contributed by atoms with Crippen LogP contribution in [0.3, 0.4) is 0 Å². The van der Waals surface area contributed by atoms with Crippen LogP contribution >= 0.6 is 0 Å². The molecule has 3 N–H and O–H groups in total. The van der Waals surface area contributed by atoms with E-state index in [-0.39, 0.29) is 0 Å². The molecule has 3 aromatic rings. The average Bonchev–Trinajstić information content (AvgIpc) is 3.04. The van der Waals surface area contributed by atoms with Crippen molar-refractivity contribution in [1.29, 1.82) is 0 Å². The minimum atomic E-state index is 0.468. The van der Waals surface area contributed by atoms with Gasteiger partial charge in [0, 0.05) is 35.6 Å². The second-order valence-corrected chi connectivity index (χ2v) is 5.55. The SMILES string of the molecule is c1cnc(-c2cc(NC3CCNCC3)nc3[nH]ccc23)cn1. The van der Waals surface area contributed by atoms with Crippen LogP contribution in [-0.4, -0.2) is 39.1 Å². The van der Waals surface area contributed by atoms with Gasteiger partial charge in [0.05, 0.1) is 11.9 Å². The maximum Gasteiger partial charge on any atom is 0.140 e. The topological polar surface area (TPSA) is 78.5 Å². The number of H-pyrrole nitrogens is 1. The van der Waals surface area contributed by atoms with Crippen LogP contribution in [0.1, 0.15) is 12.8 Å². The Hall–Kier alpha value is -2.47. The van der Waals surface area contributed by atoms with Crippen molar-refractivity contribution in [2.24, 2.45) is 0 Å². The maximum atomic E-state index is 4.68. The molecule has 22 heavy (non-hydrogen) atoms. The highest BCUT2D eigenvalue weighted by Gasteiger charge is 2.15. The predicted octanol–water partition coefficient (Wildman–Crippen LogP) is 2.18. The Morgan fingerprint density at radius 1 is 1.18 bits per heavy atom. The molecule has 0 unspecified atom stereocenters. The lowest BCUT2D eigenvalue weighted by Crippen LogP contribution is -2.35. The lowest BCUT2D eigenvalue weighted by atomic mass is 10.1. The molecule has 112 valence electrons. The molecule has 4 heterocycles. The molecule has 3 aromatic heterocycles. The molecular formula is C16H18N6. The summed E-state index contributed by atoms with van der Waals surface area (Å²) in [5, 5.41) is 8.00. The number of fused-ring (bicyclic) bond motifs is 1. The second kappa shape index (κ2) is 5.73. The molecule has 4 rings (SSSR count). The van der Waals surface area contributed by atoms with E-state index in [1.807, 2.05) is 12.3 Å². The van der Waals surface area contributed by atoms with E-state index >= 15 is 0 Å². The predicted molar refractivity (Wildman–Crippen MR) is 86.6 cm³/mol. The maximum absolute atomic E-state index is 4.68. The molecule has 0 radical (unpaired) electrons. The second-order valence-electron chi connectivity index (χ2n) is 5.55. The van der Waals surface area contributed by atoms with Crippen molar-refractivity contribution < 1.29 is 0 Å². The Morgan fingerprint density at radius 3 is 2.91 bits per heavy atom. The molecule has 0 aromatic carbocycles. The number of piperidine rings is 1. The molecule has 0 amide bonds. The van der Waals surface area contributed by atoms with Gasteiger partial charge in [0.25, 0.3) is 0 Å². The number of nitrogens with one attached hydrogen (secondary N) is 3. The molecule has 0 aliphatic carbocycles. The van der Waals surface area contributed by atoms with E-state index in [0.29, 0.717) is 6.04 Å². The highest BCUT2D eigenvalue weighted by atomic mass is 15.1. The van der Waals surface area contributed by atoms with Crippen molar-refractivity contribution in [3.63, 3.8) is 0 Å². The van der Waals surface area contributed by atoms with E-state index in [1.165, 1.54) is 0 Å². The number of anilines is 1. The zero-order valence-corrected chi connectivity index (χ0v) is 12.2.